The number of benzene rings is 2. The molecule has 0 bridgehead atoms. The predicted molar refractivity (Wildman–Crippen MR) is 101 cm³/mol. The van der Waals surface area contributed by atoms with Crippen molar-refractivity contribution in [1.82, 2.24) is 5.32 Å². The van der Waals surface area contributed by atoms with Crippen LogP contribution in [0.5, 0.6) is 5.75 Å². The van der Waals surface area contributed by atoms with Gasteiger partial charge in [0.15, 0.2) is 0 Å². The van der Waals surface area contributed by atoms with Gasteiger partial charge in [-0.1, -0.05) is 35.9 Å². The van der Waals surface area contributed by atoms with Crippen LogP contribution >= 0.6 is 11.6 Å². The molecule has 0 saturated heterocycles. The SMILES string of the molecule is CC1CN(C(=O)CCC(=O)NCc2cccc(Cl)c2)c2ccccc2O1. The number of hydrogen-bond donors (Lipinski definition) is 1. The molecule has 0 aliphatic carbocycles. The second kappa shape index (κ2) is 8.23. The minimum Gasteiger partial charge on any atom is -0.487 e. The maximum atomic E-state index is 12.6. The van der Waals surface area contributed by atoms with Crippen LogP contribution < -0.4 is 15.0 Å². The zero-order valence-corrected chi connectivity index (χ0v) is 15.3. The molecule has 26 heavy (non-hydrogen) atoms. The molecule has 0 radical (unpaired) electrons. The number of nitrogens with zero attached hydrogens (tertiary/aromatic N) is 1. The number of anilines is 1. The summed E-state index contributed by atoms with van der Waals surface area (Å²) in [6.45, 7) is 2.80. The summed E-state index contributed by atoms with van der Waals surface area (Å²) in [5.74, 6) is 0.462. The fraction of sp³-hybridized carbons (Fsp3) is 0.300. The maximum Gasteiger partial charge on any atom is 0.227 e. The molecule has 0 fully saturated rings. The van der Waals surface area contributed by atoms with Crippen LogP contribution in [0.2, 0.25) is 5.02 Å². The number of para-hydroxylation sites is 2. The molecule has 2 aromatic rings. The van der Waals surface area contributed by atoms with E-state index in [9.17, 15) is 9.59 Å². The molecule has 3 rings (SSSR count). The zero-order valence-electron chi connectivity index (χ0n) is 14.6. The van der Waals surface area contributed by atoms with Crippen molar-refractivity contribution in [2.45, 2.75) is 32.4 Å². The molecule has 1 aliphatic rings. The van der Waals surface area contributed by atoms with E-state index in [0.29, 0.717) is 23.9 Å². The van der Waals surface area contributed by atoms with Crippen LogP contribution in [0.1, 0.15) is 25.3 Å². The third kappa shape index (κ3) is 4.55. The average molecular weight is 373 g/mol. The molecular weight excluding hydrogens is 352 g/mol. The molecule has 1 heterocycles. The van der Waals surface area contributed by atoms with E-state index in [2.05, 4.69) is 5.32 Å². The Kier molecular flexibility index (Phi) is 5.78. The highest BCUT2D eigenvalue weighted by molar-refractivity contribution is 6.30. The molecule has 1 aliphatic heterocycles. The normalized spacial score (nSPS) is 15.8. The number of ether oxygens (including phenoxy) is 1. The highest BCUT2D eigenvalue weighted by atomic mass is 35.5. The van der Waals surface area contributed by atoms with Crippen molar-refractivity contribution in [3.8, 4) is 5.75 Å². The highest BCUT2D eigenvalue weighted by Crippen LogP contribution is 2.33. The Labute approximate surface area is 157 Å². The van der Waals surface area contributed by atoms with Crippen LogP contribution in [-0.2, 0) is 16.1 Å². The lowest BCUT2D eigenvalue weighted by atomic mass is 10.1. The number of carbonyl (C=O) groups is 2. The van der Waals surface area contributed by atoms with Gasteiger partial charge in [0.25, 0.3) is 0 Å². The van der Waals surface area contributed by atoms with E-state index in [1.54, 1.807) is 17.0 Å². The van der Waals surface area contributed by atoms with Gasteiger partial charge in [0, 0.05) is 24.4 Å². The summed E-state index contributed by atoms with van der Waals surface area (Å²) in [7, 11) is 0. The first-order valence-electron chi connectivity index (χ1n) is 8.60. The summed E-state index contributed by atoms with van der Waals surface area (Å²) in [4.78, 5) is 26.4. The summed E-state index contributed by atoms with van der Waals surface area (Å²) in [6, 6.07) is 14.8. The summed E-state index contributed by atoms with van der Waals surface area (Å²) < 4.78 is 5.75. The Balaban J connectivity index is 1.53. The average Bonchev–Trinajstić information content (AvgIpc) is 2.63. The van der Waals surface area contributed by atoms with Crippen LogP contribution in [0.3, 0.4) is 0 Å². The Morgan fingerprint density at radius 1 is 1.19 bits per heavy atom. The summed E-state index contributed by atoms with van der Waals surface area (Å²) in [5.41, 5.74) is 1.68. The summed E-state index contributed by atoms with van der Waals surface area (Å²) in [5, 5.41) is 3.45. The van der Waals surface area contributed by atoms with Gasteiger partial charge >= 0.3 is 0 Å². The minimum atomic E-state index is -0.159. The molecule has 1 unspecified atom stereocenters. The van der Waals surface area contributed by atoms with E-state index in [1.807, 2.05) is 43.3 Å². The quantitative estimate of drug-likeness (QED) is 0.873. The van der Waals surface area contributed by atoms with Crippen molar-refractivity contribution in [2.24, 2.45) is 0 Å². The van der Waals surface area contributed by atoms with Crippen molar-refractivity contribution in [3.05, 3.63) is 59.1 Å². The number of halogens is 1. The molecule has 1 N–H and O–H groups in total. The van der Waals surface area contributed by atoms with Gasteiger partial charge in [-0.15, -0.1) is 0 Å². The molecule has 2 aromatic carbocycles. The number of rotatable bonds is 5. The van der Waals surface area contributed by atoms with Crippen LogP contribution in [0, 0.1) is 0 Å². The number of amides is 2. The molecule has 136 valence electrons. The Morgan fingerprint density at radius 3 is 2.81 bits per heavy atom. The molecular formula is C20H21ClN2O3. The standard InChI is InChI=1S/C20H21ClN2O3/c1-14-13-23(17-7-2-3-8-18(17)26-14)20(25)10-9-19(24)22-12-15-5-4-6-16(21)11-15/h2-8,11,14H,9-10,12-13H2,1H3,(H,22,24). The smallest absolute Gasteiger partial charge is 0.227 e. The number of fused-ring (bicyclic) bond motifs is 1. The fourth-order valence-electron chi connectivity index (χ4n) is 2.92. The first-order valence-corrected chi connectivity index (χ1v) is 8.98. The summed E-state index contributed by atoms with van der Waals surface area (Å²) >= 11 is 5.93. The van der Waals surface area contributed by atoms with E-state index < -0.39 is 0 Å². The molecule has 2 amide bonds. The first kappa shape index (κ1) is 18.3. The predicted octanol–water partition coefficient (Wildman–Crippen LogP) is 3.55. The lowest BCUT2D eigenvalue weighted by Crippen LogP contribution is -2.42. The van der Waals surface area contributed by atoms with Gasteiger partial charge < -0.3 is 15.0 Å². The lowest BCUT2D eigenvalue weighted by molar-refractivity contribution is -0.125. The topological polar surface area (TPSA) is 58.6 Å². The number of carbonyl (C=O) groups excluding carboxylic acids is 2. The Hall–Kier alpha value is -2.53. The van der Waals surface area contributed by atoms with Crippen molar-refractivity contribution < 1.29 is 14.3 Å². The van der Waals surface area contributed by atoms with Crippen molar-refractivity contribution >= 4 is 29.1 Å². The van der Waals surface area contributed by atoms with Crippen LogP contribution in [0.25, 0.3) is 0 Å². The van der Waals surface area contributed by atoms with Gasteiger partial charge in [-0.05, 0) is 36.8 Å². The van der Waals surface area contributed by atoms with E-state index in [0.717, 1.165) is 11.3 Å². The van der Waals surface area contributed by atoms with Crippen molar-refractivity contribution in [2.75, 3.05) is 11.4 Å². The second-order valence-electron chi connectivity index (χ2n) is 6.31. The van der Waals surface area contributed by atoms with E-state index in [4.69, 9.17) is 16.3 Å². The number of nitrogens with one attached hydrogen (secondary N) is 1. The monoisotopic (exact) mass is 372 g/mol. The highest BCUT2D eigenvalue weighted by Gasteiger charge is 2.27. The molecule has 0 aromatic heterocycles. The lowest BCUT2D eigenvalue weighted by Gasteiger charge is -2.33. The summed E-state index contributed by atoms with van der Waals surface area (Å²) in [6.07, 6.45) is 0.223. The van der Waals surface area contributed by atoms with Gasteiger partial charge in [0.1, 0.15) is 11.9 Å². The molecule has 1 atom stereocenters. The van der Waals surface area contributed by atoms with Gasteiger partial charge in [-0.2, -0.15) is 0 Å². The first-order chi connectivity index (χ1) is 12.5. The van der Waals surface area contributed by atoms with Gasteiger partial charge in [-0.3, -0.25) is 9.59 Å². The van der Waals surface area contributed by atoms with Crippen LogP contribution in [-0.4, -0.2) is 24.5 Å². The van der Waals surface area contributed by atoms with Gasteiger partial charge in [0.05, 0.1) is 12.2 Å². The zero-order chi connectivity index (χ0) is 18.5. The molecule has 0 spiro atoms. The van der Waals surface area contributed by atoms with Gasteiger partial charge in [-0.25, -0.2) is 0 Å². The van der Waals surface area contributed by atoms with Gasteiger partial charge in [0.2, 0.25) is 11.8 Å². The Morgan fingerprint density at radius 2 is 2.00 bits per heavy atom. The molecule has 0 saturated carbocycles. The van der Waals surface area contributed by atoms with E-state index in [1.165, 1.54) is 0 Å². The fourth-order valence-corrected chi connectivity index (χ4v) is 3.13. The number of hydrogen-bond acceptors (Lipinski definition) is 3. The largest absolute Gasteiger partial charge is 0.487 e. The second-order valence-corrected chi connectivity index (χ2v) is 6.74. The van der Waals surface area contributed by atoms with Crippen molar-refractivity contribution in [1.29, 1.82) is 0 Å². The van der Waals surface area contributed by atoms with E-state index >= 15 is 0 Å². The maximum absolute atomic E-state index is 12.6. The Bertz CT molecular complexity index is 809. The minimum absolute atomic E-state index is 0.0782. The van der Waals surface area contributed by atoms with E-state index in [-0.39, 0.29) is 30.8 Å². The molecule has 5 nitrogen and oxygen atoms in total. The third-order valence-electron chi connectivity index (χ3n) is 4.17. The van der Waals surface area contributed by atoms with Crippen molar-refractivity contribution in [3.63, 3.8) is 0 Å². The molecule has 6 heteroatoms. The van der Waals surface area contributed by atoms with Crippen LogP contribution in [0.4, 0.5) is 5.69 Å². The third-order valence-corrected chi connectivity index (χ3v) is 4.40. The van der Waals surface area contributed by atoms with Crippen LogP contribution in [0.15, 0.2) is 48.5 Å².